The van der Waals surface area contributed by atoms with Crippen LogP contribution in [0.5, 0.6) is 0 Å². The van der Waals surface area contributed by atoms with Gasteiger partial charge in [0.15, 0.2) is 0 Å². The summed E-state index contributed by atoms with van der Waals surface area (Å²) in [6, 6.07) is 10.00. The van der Waals surface area contributed by atoms with E-state index >= 15 is 0 Å². The zero-order valence-corrected chi connectivity index (χ0v) is 15.5. The van der Waals surface area contributed by atoms with Crippen molar-refractivity contribution in [2.45, 2.75) is 32.2 Å². The third kappa shape index (κ3) is 3.71. The summed E-state index contributed by atoms with van der Waals surface area (Å²) in [5.74, 6) is -0.268. The number of anilines is 1. The molecule has 3 heterocycles. The second-order valence-electron chi connectivity index (χ2n) is 7.45. The average Bonchev–Trinajstić information content (AvgIpc) is 3.28. The molecule has 3 aromatic rings. The number of likely N-dealkylation sites (tertiary alicyclic amines) is 1. The van der Waals surface area contributed by atoms with Crippen molar-refractivity contribution in [3.63, 3.8) is 0 Å². The molecule has 0 radical (unpaired) electrons. The molecule has 2 aromatic heterocycles. The van der Waals surface area contributed by atoms with Crippen LogP contribution in [0.4, 0.5) is 10.1 Å². The van der Waals surface area contributed by atoms with Gasteiger partial charge < -0.3 is 15.2 Å². The van der Waals surface area contributed by atoms with E-state index < -0.39 is 5.82 Å². The van der Waals surface area contributed by atoms with E-state index in [2.05, 4.69) is 46.2 Å². The van der Waals surface area contributed by atoms with Gasteiger partial charge in [0.05, 0.1) is 18.1 Å². The van der Waals surface area contributed by atoms with Crippen molar-refractivity contribution >= 4 is 22.5 Å². The standard InChI is InChI=1S/C21H23FN4O/c1-13(2)26-6-5-15(12-26)14-3-4-19-16(7-14)8-20(25-19)21(27)24-18-9-17(22)10-23-11-18/h3-4,7-11,13,15,25H,5-6,12H2,1-2H3,(H,24,27). The number of aromatic amines is 1. The number of fused-ring (bicyclic) bond motifs is 1. The van der Waals surface area contributed by atoms with E-state index in [4.69, 9.17) is 0 Å². The fourth-order valence-electron chi connectivity index (χ4n) is 3.73. The predicted molar refractivity (Wildman–Crippen MR) is 105 cm³/mol. The van der Waals surface area contributed by atoms with Gasteiger partial charge in [-0.15, -0.1) is 0 Å². The van der Waals surface area contributed by atoms with Crippen LogP contribution in [0.25, 0.3) is 10.9 Å². The highest BCUT2D eigenvalue weighted by Gasteiger charge is 2.25. The van der Waals surface area contributed by atoms with Crippen molar-refractivity contribution < 1.29 is 9.18 Å². The molecule has 140 valence electrons. The molecule has 1 fully saturated rings. The fraction of sp³-hybridized carbons (Fsp3) is 0.333. The fourth-order valence-corrected chi connectivity index (χ4v) is 3.73. The van der Waals surface area contributed by atoms with Gasteiger partial charge in [0, 0.05) is 29.6 Å². The lowest BCUT2D eigenvalue weighted by Gasteiger charge is -2.20. The Bertz CT molecular complexity index is 981. The highest BCUT2D eigenvalue weighted by molar-refractivity contribution is 6.05. The summed E-state index contributed by atoms with van der Waals surface area (Å²) in [4.78, 5) is 21.8. The number of hydrogen-bond donors (Lipinski definition) is 2. The molecule has 1 saturated heterocycles. The van der Waals surface area contributed by atoms with Crippen molar-refractivity contribution in [2.24, 2.45) is 0 Å². The number of rotatable bonds is 4. The highest BCUT2D eigenvalue weighted by atomic mass is 19.1. The van der Waals surface area contributed by atoms with E-state index in [9.17, 15) is 9.18 Å². The van der Waals surface area contributed by atoms with Crippen molar-refractivity contribution in [1.82, 2.24) is 14.9 Å². The van der Waals surface area contributed by atoms with Crippen molar-refractivity contribution in [2.75, 3.05) is 18.4 Å². The van der Waals surface area contributed by atoms with Crippen molar-refractivity contribution in [3.8, 4) is 0 Å². The Hall–Kier alpha value is -2.73. The first-order chi connectivity index (χ1) is 13.0. The lowest BCUT2D eigenvalue weighted by Crippen LogP contribution is -2.27. The molecule has 27 heavy (non-hydrogen) atoms. The highest BCUT2D eigenvalue weighted by Crippen LogP contribution is 2.30. The molecule has 5 nitrogen and oxygen atoms in total. The first-order valence-corrected chi connectivity index (χ1v) is 9.28. The van der Waals surface area contributed by atoms with Crippen LogP contribution in [-0.4, -0.2) is 39.9 Å². The maximum absolute atomic E-state index is 13.2. The third-order valence-corrected chi connectivity index (χ3v) is 5.27. The molecule has 6 heteroatoms. The summed E-state index contributed by atoms with van der Waals surface area (Å²) >= 11 is 0. The van der Waals surface area contributed by atoms with Crippen LogP contribution in [-0.2, 0) is 0 Å². The van der Waals surface area contributed by atoms with Crippen molar-refractivity contribution in [1.29, 1.82) is 0 Å². The quantitative estimate of drug-likeness (QED) is 0.729. The van der Waals surface area contributed by atoms with Gasteiger partial charge in [0.1, 0.15) is 11.5 Å². The van der Waals surface area contributed by atoms with E-state index in [1.165, 1.54) is 17.8 Å². The number of halogens is 1. The van der Waals surface area contributed by atoms with E-state index in [0.29, 0.717) is 23.3 Å². The minimum Gasteiger partial charge on any atom is -0.351 e. The summed E-state index contributed by atoms with van der Waals surface area (Å²) in [6.07, 6.45) is 3.68. The minimum absolute atomic E-state index is 0.313. The molecule has 1 atom stereocenters. The van der Waals surface area contributed by atoms with E-state index in [1.807, 2.05) is 12.1 Å². The molecular formula is C21H23FN4O. The molecule has 0 bridgehead atoms. The smallest absolute Gasteiger partial charge is 0.272 e. The normalized spacial score (nSPS) is 17.7. The van der Waals surface area contributed by atoms with Gasteiger partial charge in [-0.05, 0) is 56.5 Å². The van der Waals surface area contributed by atoms with Crippen LogP contribution >= 0.6 is 0 Å². The molecule has 1 aromatic carbocycles. The van der Waals surface area contributed by atoms with Crippen LogP contribution in [0.3, 0.4) is 0 Å². The van der Waals surface area contributed by atoms with Crippen molar-refractivity contribution in [3.05, 3.63) is 59.8 Å². The van der Waals surface area contributed by atoms with Crippen LogP contribution in [0.1, 0.15) is 42.2 Å². The Morgan fingerprint density at radius 2 is 2.15 bits per heavy atom. The topological polar surface area (TPSA) is 61.0 Å². The van der Waals surface area contributed by atoms with Gasteiger partial charge in [-0.1, -0.05) is 6.07 Å². The van der Waals surface area contributed by atoms with Crippen LogP contribution in [0, 0.1) is 5.82 Å². The summed E-state index contributed by atoms with van der Waals surface area (Å²) in [7, 11) is 0. The maximum atomic E-state index is 13.2. The Morgan fingerprint density at radius 1 is 1.30 bits per heavy atom. The van der Waals surface area contributed by atoms with Gasteiger partial charge in [-0.3, -0.25) is 9.78 Å². The van der Waals surface area contributed by atoms with Gasteiger partial charge in [0.25, 0.3) is 5.91 Å². The number of hydrogen-bond acceptors (Lipinski definition) is 3. The van der Waals surface area contributed by atoms with E-state index in [-0.39, 0.29) is 5.91 Å². The number of carbonyl (C=O) groups excluding carboxylic acids is 1. The number of pyridine rings is 1. The van der Waals surface area contributed by atoms with Gasteiger partial charge >= 0.3 is 0 Å². The monoisotopic (exact) mass is 366 g/mol. The third-order valence-electron chi connectivity index (χ3n) is 5.27. The summed E-state index contributed by atoms with van der Waals surface area (Å²) in [6.45, 7) is 6.67. The lowest BCUT2D eigenvalue weighted by molar-refractivity contribution is 0.102. The number of carbonyl (C=O) groups is 1. The van der Waals surface area contributed by atoms with Gasteiger partial charge in [0.2, 0.25) is 0 Å². The number of benzene rings is 1. The average molecular weight is 366 g/mol. The van der Waals surface area contributed by atoms with E-state index in [1.54, 1.807) is 0 Å². The Kier molecular flexibility index (Phi) is 4.66. The predicted octanol–water partition coefficient (Wildman–Crippen LogP) is 4.15. The Balaban J connectivity index is 1.53. The molecule has 2 N–H and O–H groups in total. The SMILES string of the molecule is CC(C)N1CCC(c2ccc3[nH]c(C(=O)Nc4cncc(F)c4)cc3c2)C1. The second-order valence-corrected chi connectivity index (χ2v) is 7.45. The largest absolute Gasteiger partial charge is 0.351 e. The molecule has 1 amide bonds. The summed E-state index contributed by atoms with van der Waals surface area (Å²) in [5.41, 5.74) is 3.01. The summed E-state index contributed by atoms with van der Waals surface area (Å²) < 4.78 is 13.2. The first kappa shape index (κ1) is 17.7. The Morgan fingerprint density at radius 3 is 2.89 bits per heavy atom. The number of amides is 1. The first-order valence-electron chi connectivity index (χ1n) is 9.28. The molecule has 0 saturated carbocycles. The minimum atomic E-state index is -0.485. The van der Waals surface area contributed by atoms with Crippen LogP contribution in [0.2, 0.25) is 0 Å². The number of nitrogens with one attached hydrogen (secondary N) is 2. The van der Waals surface area contributed by atoms with Gasteiger partial charge in [-0.2, -0.15) is 0 Å². The van der Waals surface area contributed by atoms with Crippen LogP contribution < -0.4 is 5.32 Å². The Labute approximate surface area is 157 Å². The van der Waals surface area contributed by atoms with Gasteiger partial charge in [-0.25, -0.2) is 4.39 Å². The number of nitrogens with zero attached hydrogens (tertiary/aromatic N) is 2. The molecule has 1 aliphatic rings. The second kappa shape index (κ2) is 7.12. The molecule has 4 rings (SSSR count). The number of H-pyrrole nitrogens is 1. The number of aromatic nitrogens is 2. The molecule has 0 aliphatic carbocycles. The molecular weight excluding hydrogens is 343 g/mol. The maximum Gasteiger partial charge on any atom is 0.272 e. The zero-order chi connectivity index (χ0) is 19.0. The molecule has 0 spiro atoms. The zero-order valence-electron chi connectivity index (χ0n) is 15.5. The molecule has 1 aliphatic heterocycles. The van der Waals surface area contributed by atoms with Crippen LogP contribution in [0.15, 0.2) is 42.7 Å². The molecule has 1 unspecified atom stereocenters. The van der Waals surface area contributed by atoms with E-state index in [0.717, 1.165) is 36.6 Å². The lowest BCUT2D eigenvalue weighted by atomic mass is 9.97. The summed E-state index contributed by atoms with van der Waals surface area (Å²) in [5, 5.41) is 3.68.